The molecule has 140 valence electrons. The molecule has 0 unspecified atom stereocenters. The van der Waals surface area contributed by atoms with Crippen molar-refractivity contribution in [2.45, 2.75) is 62.4 Å². The van der Waals surface area contributed by atoms with Gasteiger partial charge in [-0.1, -0.05) is 37.5 Å². The molecule has 0 bridgehead atoms. The maximum Gasteiger partial charge on any atom is 0.175 e. The first-order valence-corrected chi connectivity index (χ1v) is 11.7. The maximum absolute atomic E-state index is 12.0. The summed E-state index contributed by atoms with van der Waals surface area (Å²) in [7, 11) is -3.16. The highest BCUT2D eigenvalue weighted by Crippen LogP contribution is 2.24. The molecular weight excluding hydrogens is 332 g/mol. The van der Waals surface area contributed by atoms with Crippen LogP contribution in [-0.2, 0) is 16.4 Å². The van der Waals surface area contributed by atoms with E-state index in [0.717, 1.165) is 44.0 Å². The Balaban J connectivity index is 1.47. The van der Waals surface area contributed by atoms with E-state index in [9.17, 15) is 8.42 Å². The van der Waals surface area contributed by atoms with E-state index in [0.29, 0.717) is 10.9 Å². The maximum atomic E-state index is 12.0. The van der Waals surface area contributed by atoms with Crippen LogP contribution in [0.15, 0.2) is 29.2 Å². The molecule has 1 aliphatic heterocycles. The molecule has 1 saturated heterocycles. The number of rotatable bonds is 6. The summed E-state index contributed by atoms with van der Waals surface area (Å²) in [5.41, 5.74) is 0.929. The fourth-order valence-corrected chi connectivity index (χ4v) is 5.19. The molecule has 1 aliphatic carbocycles. The van der Waals surface area contributed by atoms with Gasteiger partial charge in [-0.05, 0) is 62.9 Å². The Kier molecular flexibility index (Phi) is 6.53. The van der Waals surface area contributed by atoms with Gasteiger partial charge in [-0.3, -0.25) is 4.90 Å². The molecule has 1 N–H and O–H groups in total. The van der Waals surface area contributed by atoms with Crippen molar-refractivity contribution in [1.29, 1.82) is 0 Å². The summed E-state index contributed by atoms with van der Waals surface area (Å²) in [5.74, 6) is 0.883. The molecule has 2 fully saturated rings. The third kappa shape index (κ3) is 5.53. The average Bonchev–Trinajstić information content (AvgIpc) is 2.62. The van der Waals surface area contributed by atoms with Crippen LogP contribution in [0.2, 0.25) is 0 Å². The van der Waals surface area contributed by atoms with E-state index in [1.54, 1.807) is 12.1 Å². The summed E-state index contributed by atoms with van der Waals surface area (Å²) in [5, 5.41) is 3.79. The summed E-state index contributed by atoms with van der Waals surface area (Å²) >= 11 is 0. The summed E-state index contributed by atoms with van der Waals surface area (Å²) < 4.78 is 23.9. The monoisotopic (exact) mass is 364 g/mol. The van der Waals surface area contributed by atoms with Crippen molar-refractivity contribution in [3.05, 3.63) is 29.8 Å². The molecule has 4 nitrogen and oxygen atoms in total. The zero-order valence-electron chi connectivity index (χ0n) is 15.4. The number of nitrogens with one attached hydrogen (secondary N) is 1. The molecule has 0 amide bonds. The Morgan fingerprint density at radius 3 is 2.40 bits per heavy atom. The number of nitrogens with zero attached hydrogens (tertiary/aromatic N) is 1. The second kappa shape index (κ2) is 8.65. The minimum atomic E-state index is -3.16. The van der Waals surface area contributed by atoms with Crippen LogP contribution in [0.5, 0.6) is 0 Å². The zero-order valence-corrected chi connectivity index (χ0v) is 16.2. The van der Waals surface area contributed by atoms with Crippen molar-refractivity contribution >= 4 is 9.84 Å². The van der Waals surface area contributed by atoms with E-state index in [1.165, 1.54) is 44.9 Å². The SMILES string of the molecule is CS(=O)(=O)c1ccccc1CN1CCC(NCC2CCCCC2)CC1. The van der Waals surface area contributed by atoms with Crippen LogP contribution in [-0.4, -0.2) is 45.2 Å². The number of likely N-dealkylation sites (tertiary alicyclic amines) is 1. The Morgan fingerprint density at radius 2 is 1.72 bits per heavy atom. The fraction of sp³-hybridized carbons (Fsp3) is 0.700. The predicted molar refractivity (Wildman–Crippen MR) is 102 cm³/mol. The number of piperidine rings is 1. The summed E-state index contributed by atoms with van der Waals surface area (Å²) in [6.07, 6.45) is 10.6. The molecule has 0 aromatic heterocycles. The van der Waals surface area contributed by atoms with Crippen LogP contribution >= 0.6 is 0 Å². The predicted octanol–water partition coefficient (Wildman–Crippen LogP) is 3.22. The van der Waals surface area contributed by atoms with Gasteiger partial charge in [0.25, 0.3) is 0 Å². The highest BCUT2D eigenvalue weighted by molar-refractivity contribution is 7.90. The van der Waals surface area contributed by atoms with Gasteiger partial charge in [-0.15, -0.1) is 0 Å². The summed E-state index contributed by atoms with van der Waals surface area (Å²) in [4.78, 5) is 2.87. The Bertz CT molecular complexity index is 645. The van der Waals surface area contributed by atoms with Crippen LogP contribution in [0.3, 0.4) is 0 Å². The van der Waals surface area contributed by atoms with Gasteiger partial charge >= 0.3 is 0 Å². The molecular formula is C20H32N2O2S. The Labute approximate surface area is 152 Å². The minimum Gasteiger partial charge on any atom is -0.314 e. The van der Waals surface area contributed by atoms with Crippen LogP contribution < -0.4 is 5.32 Å². The number of benzene rings is 1. The molecule has 1 saturated carbocycles. The number of sulfone groups is 1. The lowest BCUT2D eigenvalue weighted by atomic mass is 9.89. The quantitative estimate of drug-likeness (QED) is 0.842. The largest absolute Gasteiger partial charge is 0.314 e. The molecule has 0 spiro atoms. The fourth-order valence-electron chi connectivity index (χ4n) is 4.26. The smallest absolute Gasteiger partial charge is 0.175 e. The molecule has 5 heteroatoms. The molecule has 3 rings (SSSR count). The summed E-state index contributed by atoms with van der Waals surface area (Å²) in [6.45, 7) is 4.00. The van der Waals surface area contributed by atoms with Gasteiger partial charge in [-0.2, -0.15) is 0 Å². The molecule has 1 aromatic carbocycles. The van der Waals surface area contributed by atoms with E-state index >= 15 is 0 Å². The number of hydrogen-bond acceptors (Lipinski definition) is 4. The molecule has 25 heavy (non-hydrogen) atoms. The standard InChI is InChI=1S/C20H32N2O2S/c1-25(23,24)20-10-6-5-9-18(20)16-22-13-11-19(12-14-22)21-15-17-7-3-2-4-8-17/h5-6,9-10,17,19,21H,2-4,7-8,11-16H2,1H3. The van der Waals surface area contributed by atoms with E-state index in [1.807, 2.05) is 12.1 Å². The number of hydrogen-bond donors (Lipinski definition) is 1. The third-order valence-corrected chi connectivity index (χ3v) is 6.97. The van der Waals surface area contributed by atoms with Crippen molar-refractivity contribution < 1.29 is 8.42 Å². The first-order valence-electron chi connectivity index (χ1n) is 9.76. The molecule has 1 heterocycles. The van der Waals surface area contributed by atoms with Gasteiger partial charge in [0.2, 0.25) is 0 Å². The average molecular weight is 365 g/mol. The van der Waals surface area contributed by atoms with Gasteiger partial charge in [0, 0.05) is 18.8 Å². The third-order valence-electron chi connectivity index (χ3n) is 5.77. The van der Waals surface area contributed by atoms with E-state index < -0.39 is 9.84 Å². The molecule has 0 radical (unpaired) electrons. The highest BCUT2D eigenvalue weighted by Gasteiger charge is 2.22. The topological polar surface area (TPSA) is 49.4 Å². The van der Waals surface area contributed by atoms with E-state index in [4.69, 9.17) is 0 Å². The Morgan fingerprint density at radius 1 is 1.04 bits per heavy atom. The van der Waals surface area contributed by atoms with Gasteiger partial charge < -0.3 is 5.32 Å². The van der Waals surface area contributed by atoms with Gasteiger partial charge in [0.1, 0.15) is 0 Å². The van der Waals surface area contributed by atoms with Crippen molar-refractivity contribution in [3.63, 3.8) is 0 Å². The first kappa shape index (κ1) is 18.9. The van der Waals surface area contributed by atoms with Crippen LogP contribution in [0.1, 0.15) is 50.5 Å². The van der Waals surface area contributed by atoms with Gasteiger partial charge in [0.05, 0.1) is 4.90 Å². The Hall–Kier alpha value is -0.910. The van der Waals surface area contributed by atoms with E-state index in [-0.39, 0.29) is 0 Å². The summed E-state index contributed by atoms with van der Waals surface area (Å²) in [6, 6.07) is 8.04. The normalized spacial score (nSPS) is 21.5. The van der Waals surface area contributed by atoms with E-state index in [2.05, 4.69) is 10.2 Å². The van der Waals surface area contributed by atoms with Crippen molar-refractivity contribution in [1.82, 2.24) is 10.2 Å². The molecule has 0 atom stereocenters. The highest BCUT2D eigenvalue weighted by atomic mass is 32.2. The lowest BCUT2D eigenvalue weighted by Gasteiger charge is -2.34. The van der Waals surface area contributed by atoms with Crippen LogP contribution in [0, 0.1) is 5.92 Å². The van der Waals surface area contributed by atoms with Crippen LogP contribution in [0.4, 0.5) is 0 Å². The zero-order chi connectivity index (χ0) is 17.7. The van der Waals surface area contributed by atoms with Gasteiger partial charge in [0.15, 0.2) is 9.84 Å². The second-order valence-electron chi connectivity index (χ2n) is 7.84. The van der Waals surface area contributed by atoms with Crippen molar-refractivity contribution in [2.24, 2.45) is 5.92 Å². The second-order valence-corrected chi connectivity index (χ2v) is 9.83. The molecule has 1 aromatic rings. The lowest BCUT2D eigenvalue weighted by molar-refractivity contribution is 0.184. The van der Waals surface area contributed by atoms with Crippen molar-refractivity contribution in [2.75, 3.05) is 25.9 Å². The van der Waals surface area contributed by atoms with Gasteiger partial charge in [-0.25, -0.2) is 8.42 Å². The first-order chi connectivity index (χ1) is 12.0. The molecule has 2 aliphatic rings. The van der Waals surface area contributed by atoms with Crippen molar-refractivity contribution in [3.8, 4) is 0 Å². The minimum absolute atomic E-state index is 0.479. The lowest BCUT2D eigenvalue weighted by Crippen LogP contribution is -2.43. The van der Waals surface area contributed by atoms with Crippen LogP contribution in [0.25, 0.3) is 0 Å².